The van der Waals surface area contributed by atoms with Gasteiger partial charge in [0.05, 0.1) is 36.4 Å². The van der Waals surface area contributed by atoms with Crippen molar-refractivity contribution in [2.45, 2.75) is 11.7 Å². The number of amides is 3. The minimum Gasteiger partial charge on any atom is -0.459 e. The van der Waals surface area contributed by atoms with E-state index in [0.29, 0.717) is 10.7 Å². The molecule has 2 saturated heterocycles. The van der Waals surface area contributed by atoms with E-state index < -0.39 is 29.4 Å². The summed E-state index contributed by atoms with van der Waals surface area (Å²) in [6, 6.07) is 9.71. The van der Waals surface area contributed by atoms with Gasteiger partial charge in [-0.15, -0.1) is 0 Å². The number of hydrogen-bond acceptors (Lipinski definition) is 5. The van der Waals surface area contributed by atoms with Gasteiger partial charge in [-0.25, -0.2) is 4.90 Å². The van der Waals surface area contributed by atoms with Gasteiger partial charge in [0.25, 0.3) is 5.91 Å². The van der Waals surface area contributed by atoms with Crippen LogP contribution in [0, 0.1) is 11.8 Å². The molecule has 7 nitrogen and oxygen atoms in total. The SMILES string of the molecule is O=C(NC[C@@]12C=C[C@@H](O1)[C@H]1C(=O)N(c3ccc(Cl)cc3)C(=O)[C@H]12)c1ccco1. The van der Waals surface area contributed by atoms with E-state index in [1.807, 2.05) is 0 Å². The highest BCUT2D eigenvalue weighted by Crippen LogP contribution is 2.52. The summed E-state index contributed by atoms with van der Waals surface area (Å²) in [4.78, 5) is 39.6. The van der Waals surface area contributed by atoms with Crippen molar-refractivity contribution in [1.82, 2.24) is 5.32 Å². The molecule has 4 atom stereocenters. The van der Waals surface area contributed by atoms with Gasteiger partial charge in [0.1, 0.15) is 5.60 Å². The standard InChI is InChI=1S/C20H15ClN2O5/c21-11-3-5-12(6-4-11)23-18(25)15-13-7-8-20(28-13,16(15)19(23)26)10-22-17(24)14-2-1-9-27-14/h1-9,13,15-16H,10H2,(H,22,24)/t13-,15-,16+,20-/m1/s1. The fourth-order valence-electron chi connectivity index (χ4n) is 4.26. The van der Waals surface area contributed by atoms with Gasteiger partial charge in [-0.1, -0.05) is 23.8 Å². The molecule has 3 amide bonds. The van der Waals surface area contributed by atoms with Gasteiger partial charge >= 0.3 is 0 Å². The zero-order chi connectivity index (χ0) is 19.5. The Kier molecular flexibility index (Phi) is 3.72. The number of anilines is 1. The number of fused-ring (bicyclic) bond motifs is 5. The lowest BCUT2D eigenvalue weighted by Crippen LogP contribution is -2.48. The number of furan rings is 1. The molecule has 1 aromatic heterocycles. The van der Waals surface area contributed by atoms with Gasteiger partial charge in [-0.3, -0.25) is 14.4 Å². The van der Waals surface area contributed by atoms with Crippen LogP contribution in [0.4, 0.5) is 5.69 Å². The van der Waals surface area contributed by atoms with E-state index in [2.05, 4.69) is 5.32 Å². The number of rotatable bonds is 4. The smallest absolute Gasteiger partial charge is 0.287 e. The molecule has 0 unspecified atom stereocenters. The van der Waals surface area contributed by atoms with Gasteiger partial charge in [0.15, 0.2) is 5.76 Å². The van der Waals surface area contributed by atoms with Crippen LogP contribution in [0.3, 0.4) is 0 Å². The number of carbonyl (C=O) groups is 3. The Morgan fingerprint density at radius 1 is 1.18 bits per heavy atom. The Hall–Kier alpha value is -2.90. The lowest BCUT2D eigenvalue weighted by molar-refractivity contribution is -0.126. The van der Waals surface area contributed by atoms with Gasteiger partial charge in [-0.05, 0) is 36.4 Å². The monoisotopic (exact) mass is 398 g/mol. The number of hydrogen-bond donors (Lipinski definition) is 1. The van der Waals surface area contributed by atoms with Crippen LogP contribution in [0.1, 0.15) is 10.6 Å². The summed E-state index contributed by atoms with van der Waals surface area (Å²) in [6.07, 6.45) is 4.48. The first-order valence-electron chi connectivity index (χ1n) is 8.82. The second-order valence-electron chi connectivity index (χ2n) is 7.05. The van der Waals surface area contributed by atoms with Crippen LogP contribution in [0.15, 0.2) is 59.2 Å². The summed E-state index contributed by atoms with van der Waals surface area (Å²) >= 11 is 5.91. The average molecular weight is 399 g/mol. The molecular formula is C20H15ClN2O5. The highest BCUT2D eigenvalue weighted by Gasteiger charge is 2.67. The topological polar surface area (TPSA) is 88.9 Å². The molecule has 5 rings (SSSR count). The summed E-state index contributed by atoms with van der Waals surface area (Å²) in [6.45, 7) is 0.0637. The number of imide groups is 1. The van der Waals surface area contributed by atoms with Gasteiger partial charge in [0, 0.05) is 5.02 Å². The summed E-state index contributed by atoms with van der Waals surface area (Å²) in [5, 5.41) is 3.27. The molecule has 0 aliphatic carbocycles. The Morgan fingerprint density at radius 2 is 1.96 bits per heavy atom. The minimum absolute atomic E-state index is 0.0637. The average Bonchev–Trinajstić information content (AvgIpc) is 3.45. The molecule has 0 spiro atoms. The largest absolute Gasteiger partial charge is 0.459 e. The van der Waals surface area contributed by atoms with Crippen LogP contribution in [0.5, 0.6) is 0 Å². The molecule has 142 valence electrons. The fourth-order valence-corrected chi connectivity index (χ4v) is 4.39. The minimum atomic E-state index is -1.05. The molecule has 8 heteroatoms. The number of nitrogens with zero attached hydrogens (tertiary/aromatic N) is 1. The maximum atomic E-state index is 13.2. The van der Waals surface area contributed by atoms with Gasteiger partial charge < -0.3 is 14.5 Å². The highest BCUT2D eigenvalue weighted by atomic mass is 35.5. The number of carbonyl (C=O) groups excluding carboxylic acids is 3. The maximum Gasteiger partial charge on any atom is 0.287 e. The fraction of sp³-hybridized carbons (Fsp3) is 0.250. The quantitative estimate of drug-likeness (QED) is 0.630. The lowest BCUT2D eigenvalue weighted by atomic mass is 9.77. The molecule has 28 heavy (non-hydrogen) atoms. The highest BCUT2D eigenvalue weighted by molar-refractivity contribution is 6.31. The van der Waals surface area contributed by atoms with E-state index in [-0.39, 0.29) is 24.1 Å². The predicted molar refractivity (Wildman–Crippen MR) is 98.7 cm³/mol. The second-order valence-corrected chi connectivity index (χ2v) is 7.48. The van der Waals surface area contributed by atoms with Crippen molar-refractivity contribution in [2.75, 3.05) is 11.4 Å². The van der Waals surface area contributed by atoms with E-state index in [4.69, 9.17) is 20.8 Å². The maximum absolute atomic E-state index is 13.2. The molecule has 4 heterocycles. The first kappa shape index (κ1) is 17.2. The third-order valence-corrected chi connectivity index (χ3v) is 5.76. The van der Waals surface area contributed by atoms with E-state index in [0.717, 1.165) is 0 Å². The predicted octanol–water partition coefficient (Wildman–Crippen LogP) is 2.18. The Balaban J connectivity index is 1.42. The Morgan fingerprint density at radius 3 is 2.68 bits per heavy atom. The van der Waals surface area contributed by atoms with Crippen LogP contribution >= 0.6 is 11.6 Å². The van der Waals surface area contributed by atoms with Crippen molar-refractivity contribution < 1.29 is 23.5 Å². The number of ether oxygens (including phenoxy) is 1. The molecule has 2 bridgehead atoms. The van der Waals surface area contributed by atoms with Crippen molar-refractivity contribution in [2.24, 2.45) is 11.8 Å². The molecule has 0 saturated carbocycles. The normalized spacial score (nSPS) is 30.2. The zero-order valence-corrected chi connectivity index (χ0v) is 15.3. The van der Waals surface area contributed by atoms with Gasteiger partial charge in [-0.2, -0.15) is 0 Å². The first-order valence-corrected chi connectivity index (χ1v) is 9.20. The van der Waals surface area contributed by atoms with Crippen LogP contribution in [-0.4, -0.2) is 36.0 Å². The van der Waals surface area contributed by atoms with Crippen molar-refractivity contribution in [1.29, 1.82) is 0 Å². The van der Waals surface area contributed by atoms with Crippen molar-refractivity contribution in [3.8, 4) is 0 Å². The number of halogens is 1. The van der Waals surface area contributed by atoms with Crippen molar-refractivity contribution in [3.05, 3.63) is 65.6 Å². The lowest BCUT2D eigenvalue weighted by Gasteiger charge is -2.29. The third kappa shape index (κ3) is 2.36. The van der Waals surface area contributed by atoms with Crippen LogP contribution in [-0.2, 0) is 14.3 Å². The zero-order valence-electron chi connectivity index (χ0n) is 14.5. The van der Waals surface area contributed by atoms with Crippen LogP contribution in [0.2, 0.25) is 5.02 Å². The molecule has 0 radical (unpaired) electrons. The Bertz CT molecular complexity index is 1000. The molecule has 1 aromatic carbocycles. The summed E-state index contributed by atoms with van der Waals surface area (Å²) < 4.78 is 11.1. The summed E-state index contributed by atoms with van der Waals surface area (Å²) in [7, 11) is 0. The summed E-state index contributed by atoms with van der Waals surface area (Å²) in [5.41, 5.74) is -0.575. The second kappa shape index (κ2) is 6.05. The molecule has 1 N–H and O–H groups in total. The van der Waals surface area contributed by atoms with E-state index in [1.54, 1.807) is 48.6 Å². The van der Waals surface area contributed by atoms with E-state index in [9.17, 15) is 14.4 Å². The van der Waals surface area contributed by atoms with Crippen molar-refractivity contribution >= 4 is 35.0 Å². The van der Waals surface area contributed by atoms with Crippen LogP contribution < -0.4 is 10.2 Å². The molecular weight excluding hydrogens is 384 g/mol. The number of nitrogens with one attached hydrogen (secondary N) is 1. The number of benzene rings is 1. The molecule has 2 aromatic rings. The van der Waals surface area contributed by atoms with Gasteiger partial charge in [0.2, 0.25) is 11.8 Å². The summed E-state index contributed by atoms with van der Waals surface area (Å²) in [5.74, 6) is -2.17. The van der Waals surface area contributed by atoms with E-state index >= 15 is 0 Å². The van der Waals surface area contributed by atoms with Crippen LogP contribution in [0.25, 0.3) is 0 Å². The molecule has 3 aliphatic rings. The molecule has 2 fully saturated rings. The van der Waals surface area contributed by atoms with E-state index in [1.165, 1.54) is 11.2 Å². The van der Waals surface area contributed by atoms with Crippen molar-refractivity contribution in [3.63, 3.8) is 0 Å². The third-order valence-electron chi connectivity index (χ3n) is 5.51. The molecule has 3 aliphatic heterocycles. The Labute approximate surface area is 164 Å². The first-order chi connectivity index (χ1) is 13.5.